The van der Waals surface area contributed by atoms with Gasteiger partial charge in [-0.15, -0.1) is 0 Å². The lowest BCUT2D eigenvalue weighted by molar-refractivity contribution is -0.122. The summed E-state index contributed by atoms with van der Waals surface area (Å²) in [5.74, 6) is 0.782. The van der Waals surface area contributed by atoms with Crippen molar-refractivity contribution in [3.05, 3.63) is 66.5 Å². The molecule has 0 saturated carbocycles. The molecule has 4 nitrogen and oxygen atoms in total. The highest BCUT2D eigenvalue weighted by atomic mass is 127. The smallest absolute Gasteiger partial charge is 0.266 e. The largest absolute Gasteiger partial charge is 0.488 e. The van der Waals surface area contributed by atoms with Gasteiger partial charge in [-0.05, 0) is 106 Å². The fourth-order valence-corrected chi connectivity index (χ4v) is 4.63. The maximum absolute atomic E-state index is 12.6. The van der Waals surface area contributed by atoms with Gasteiger partial charge in [0, 0.05) is 16.7 Å². The Balaban J connectivity index is 1.73. The molecule has 1 amide bonds. The van der Waals surface area contributed by atoms with Crippen molar-refractivity contribution in [2.24, 2.45) is 4.99 Å². The van der Waals surface area contributed by atoms with Crippen LogP contribution < -0.4 is 4.74 Å². The molecule has 1 aliphatic rings. The zero-order chi connectivity index (χ0) is 20.1. The average Bonchev–Trinajstić information content (AvgIpc) is 2.97. The minimum Gasteiger partial charge on any atom is -0.488 e. The van der Waals surface area contributed by atoms with Gasteiger partial charge in [-0.25, -0.2) is 0 Å². The molecule has 7 heteroatoms. The Bertz CT molecular complexity index is 929. The number of amidine groups is 1. The molecule has 3 rings (SSSR count). The molecule has 0 bridgehead atoms. The Morgan fingerprint density at radius 2 is 1.96 bits per heavy atom. The van der Waals surface area contributed by atoms with Crippen LogP contribution in [-0.4, -0.2) is 29.1 Å². The monoisotopic (exact) mass is 570 g/mol. The number of hydrogen-bond donors (Lipinski definition) is 0. The molecular formula is C21H20BrIN2O2S. The number of likely N-dealkylation sites (N-methyl/N-ethyl adjacent to an activating group) is 1. The van der Waals surface area contributed by atoms with E-state index >= 15 is 0 Å². The number of amides is 1. The molecule has 0 unspecified atom stereocenters. The summed E-state index contributed by atoms with van der Waals surface area (Å²) in [6.45, 7) is 5.73. The van der Waals surface area contributed by atoms with Gasteiger partial charge < -0.3 is 4.74 Å². The molecule has 0 spiro atoms. The van der Waals surface area contributed by atoms with Crippen LogP contribution in [0.5, 0.6) is 5.75 Å². The van der Waals surface area contributed by atoms with Crippen molar-refractivity contribution in [3.8, 4) is 5.75 Å². The molecule has 0 N–H and O–H groups in total. The first-order chi connectivity index (χ1) is 13.5. The van der Waals surface area contributed by atoms with Crippen LogP contribution in [0.2, 0.25) is 0 Å². The first-order valence-corrected chi connectivity index (χ1v) is 11.6. The average molecular weight is 571 g/mol. The Labute approximate surface area is 191 Å². The second kappa shape index (κ2) is 9.93. The van der Waals surface area contributed by atoms with Gasteiger partial charge >= 0.3 is 0 Å². The predicted octanol–water partition coefficient (Wildman–Crippen LogP) is 5.94. The van der Waals surface area contributed by atoms with Crippen LogP contribution in [0.3, 0.4) is 0 Å². The molecule has 2 aromatic rings. The van der Waals surface area contributed by atoms with E-state index in [0.717, 1.165) is 26.5 Å². The fourth-order valence-electron chi connectivity index (χ4n) is 2.66. The number of hydrogen-bond acceptors (Lipinski definition) is 4. The van der Waals surface area contributed by atoms with Crippen molar-refractivity contribution in [2.45, 2.75) is 20.5 Å². The van der Waals surface area contributed by atoms with Crippen LogP contribution in [0.4, 0.5) is 0 Å². The van der Waals surface area contributed by atoms with Gasteiger partial charge in [-0.2, -0.15) is 0 Å². The van der Waals surface area contributed by atoms with Gasteiger partial charge in [-0.3, -0.25) is 14.7 Å². The second-order valence-electron chi connectivity index (χ2n) is 6.02. The van der Waals surface area contributed by atoms with E-state index in [2.05, 4.69) is 67.8 Å². The molecule has 146 valence electrons. The summed E-state index contributed by atoms with van der Waals surface area (Å²) in [6.07, 6.45) is 1.90. The standard InChI is InChI=1S/C21H20BrIN2O2S/c1-3-24-21-25(4-2)20(26)19(28-21)12-15-7-10-18(17(22)11-15)27-13-14-5-8-16(23)9-6-14/h5-12H,3-4,13H2,1-2H3/b19-12+,24-21?. The Morgan fingerprint density at radius 1 is 1.21 bits per heavy atom. The highest BCUT2D eigenvalue weighted by Crippen LogP contribution is 2.34. The zero-order valence-electron chi connectivity index (χ0n) is 15.6. The molecule has 2 aromatic carbocycles. The minimum absolute atomic E-state index is 0.00913. The Kier molecular flexibility index (Phi) is 7.59. The predicted molar refractivity (Wildman–Crippen MR) is 129 cm³/mol. The quantitative estimate of drug-likeness (QED) is 0.318. The van der Waals surface area contributed by atoms with Crippen molar-refractivity contribution in [1.82, 2.24) is 4.90 Å². The third kappa shape index (κ3) is 5.18. The molecule has 0 aromatic heterocycles. The fraction of sp³-hybridized carbons (Fsp3) is 0.238. The highest BCUT2D eigenvalue weighted by molar-refractivity contribution is 14.1. The summed E-state index contributed by atoms with van der Waals surface area (Å²) in [5.41, 5.74) is 2.06. The van der Waals surface area contributed by atoms with E-state index in [4.69, 9.17) is 4.74 Å². The summed E-state index contributed by atoms with van der Waals surface area (Å²) in [6, 6.07) is 14.1. The SMILES string of the molecule is CCN=C1S/C(=C/c2ccc(OCc3ccc(I)cc3)c(Br)c2)C(=O)N1CC. The van der Waals surface area contributed by atoms with Crippen molar-refractivity contribution in [2.75, 3.05) is 13.1 Å². The van der Waals surface area contributed by atoms with Crippen LogP contribution in [0.1, 0.15) is 25.0 Å². The van der Waals surface area contributed by atoms with E-state index in [1.54, 1.807) is 4.90 Å². The zero-order valence-corrected chi connectivity index (χ0v) is 20.2. The molecule has 1 heterocycles. The number of halogens is 2. The van der Waals surface area contributed by atoms with Crippen molar-refractivity contribution >= 4 is 67.4 Å². The molecule has 0 radical (unpaired) electrons. The van der Waals surface area contributed by atoms with Crippen LogP contribution in [0.15, 0.2) is 56.8 Å². The van der Waals surface area contributed by atoms with Crippen LogP contribution in [0.25, 0.3) is 6.08 Å². The third-order valence-electron chi connectivity index (χ3n) is 4.06. The van der Waals surface area contributed by atoms with Crippen molar-refractivity contribution in [3.63, 3.8) is 0 Å². The topological polar surface area (TPSA) is 41.9 Å². The van der Waals surface area contributed by atoms with Crippen LogP contribution in [-0.2, 0) is 11.4 Å². The minimum atomic E-state index is 0.00913. The lowest BCUT2D eigenvalue weighted by atomic mass is 10.2. The van der Waals surface area contributed by atoms with E-state index in [0.29, 0.717) is 24.6 Å². The van der Waals surface area contributed by atoms with Gasteiger partial charge in [0.1, 0.15) is 12.4 Å². The number of ether oxygens (including phenoxy) is 1. The number of nitrogens with zero attached hydrogens (tertiary/aromatic N) is 2. The number of benzene rings is 2. The molecule has 1 aliphatic heterocycles. The lowest BCUT2D eigenvalue weighted by Crippen LogP contribution is -2.28. The van der Waals surface area contributed by atoms with E-state index in [-0.39, 0.29) is 5.91 Å². The van der Waals surface area contributed by atoms with Gasteiger partial charge in [0.05, 0.1) is 9.38 Å². The summed E-state index contributed by atoms with van der Waals surface area (Å²) in [7, 11) is 0. The Hall–Kier alpha value is -1.32. The summed E-state index contributed by atoms with van der Waals surface area (Å²) < 4.78 is 7.98. The summed E-state index contributed by atoms with van der Waals surface area (Å²) in [5, 5.41) is 0.776. The van der Waals surface area contributed by atoms with Crippen molar-refractivity contribution in [1.29, 1.82) is 0 Å². The van der Waals surface area contributed by atoms with Gasteiger partial charge in [0.2, 0.25) is 0 Å². The van der Waals surface area contributed by atoms with Crippen LogP contribution >= 0.6 is 50.3 Å². The number of thioether (sulfide) groups is 1. The molecule has 0 atom stereocenters. The highest BCUT2D eigenvalue weighted by Gasteiger charge is 2.31. The van der Waals surface area contributed by atoms with E-state index < -0.39 is 0 Å². The summed E-state index contributed by atoms with van der Waals surface area (Å²) >= 11 is 7.29. The second-order valence-corrected chi connectivity index (χ2v) is 9.13. The van der Waals surface area contributed by atoms with Crippen LogP contribution in [0, 0.1) is 3.57 Å². The molecular weight excluding hydrogens is 551 g/mol. The van der Waals surface area contributed by atoms with Crippen molar-refractivity contribution < 1.29 is 9.53 Å². The normalized spacial score (nSPS) is 17.0. The Morgan fingerprint density at radius 3 is 2.61 bits per heavy atom. The van der Waals surface area contributed by atoms with Gasteiger partial charge in [-0.1, -0.05) is 18.2 Å². The number of aliphatic imine (C=N–C) groups is 1. The van der Waals surface area contributed by atoms with Gasteiger partial charge in [0.15, 0.2) is 5.17 Å². The number of carbonyl (C=O) groups excluding carboxylic acids is 1. The maximum Gasteiger partial charge on any atom is 0.266 e. The molecule has 28 heavy (non-hydrogen) atoms. The number of carbonyl (C=O) groups is 1. The van der Waals surface area contributed by atoms with E-state index in [1.807, 2.05) is 38.1 Å². The van der Waals surface area contributed by atoms with E-state index in [1.165, 1.54) is 15.3 Å². The maximum atomic E-state index is 12.6. The van der Waals surface area contributed by atoms with Gasteiger partial charge in [0.25, 0.3) is 5.91 Å². The lowest BCUT2D eigenvalue weighted by Gasteiger charge is -2.11. The summed E-state index contributed by atoms with van der Waals surface area (Å²) in [4.78, 5) is 19.4. The molecule has 1 saturated heterocycles. The first-order valence-electron chi connectivity index (χ1n) is 8.94. The molecule has 1 fully saturated rings. The van der Waals surface area contributed by atoms with E-state index in [9.17, 15) is 4.79 Å². The third-order valence-corrected chi connectivity index (χ3v) is 6.44. The first kappa shape index (κ1) is 21.4. The number of rotatable bonds is 6. The molecule has 0 aliphatic carbocycles.